The van der Waals surface area contributed by atoms with Gasteiger partial charge >= 0.3 is 0 Å². The van der Waals surface area contributed by atoms with Gasteiger partial charge in [0.15, 0.2) is 0 Å². The van der Waals surface area contributed by atoms with Crippen molar-refractivity contribution in [3.05, 3.63) is 66.0 Å². The van der Waals surface area contributed by atoms with Crippen LogP contribution in [0, 0.1) is 5.82 Å². The first-order valence-corrected chi connectivity index (χ1v) is 12.6. The van der Waals surface area contributed by atoms with E-state index in [0.29, 0.717) is 25.7 Å². The maximum Gasteiger partial charge on any atom is 0.244 e. The quantitative estimate of drug-likeness (QED) is 0.500. The van der Waals surface area contributed by atoms with Crippen molar-refractivity contribution >= 4 is 15.9 Å². The van der Waals surface area contributed by atoms with Crippen molar-refractivity contribution in [3.63, 3.8) is 0 Å². The lowest BCUT2D eigenvalue weighted by Crippen LogP contribution is -2.48. The summed E-state index contributed by atoms with van der Waals surface area (Å²) in [6.07, 6.45) is 6.93. The van der Waals surface area contributed by atoms with Crippen molar-refractivity contribution in [1.29, 1.82) is 0 Å². The van der Waals surface area contributed by atoms with E-state index in [9.17, 15) is 17.6 Å². The van der Waals surface area contributed by atoms with Crippen LogP contribution >= 0.6 is 0 Å². The lowest BCUT2D eigenvalue weighted by Gasteiger charge is -2.22. The first-order valence-electron chi connectivity index (χ1n) is 11.2. The van der Waals surface area contributed by atoms with Crippen LogP contribution in [0.4, 0.5) is 4.39 Å². The number of hydrogen-bond acceptors (Lipinski definition) is 4. The second-order valence-electron chi connectivity index (χ2n) is 8.07. The Kier molecular flexibility index (Phi) is 9.20. The number of carbonyl (C=O) groups is 1. The molecule has 1 atom stereocenters. The fourth-order valence-electron chi connectivity index (χ4n) is 3.84. The van der Waals surface area contributed by atoms with Crippen LogP contribution in [0.25, 0.3) is 0 Å². The Labute approximate surface area is 189 Å². The lowest BCUT2D eigenvalue weighted by atomic mass is 9.98. The summed E-state index contributed by atoms with van der Waals surface area (Å²) >= 11 is 0. The van der Waals surface area contributed by atoms with E-state index in [0.717, 1.165) is 24.5 Å². The SMILES string of the molecule is O=C(NCCCOC1CCCCC1)C(Cc1ccccc1)NS(=O)(=O)c1ccccc1F. The monoisotopic (exact) mass is 462 g/mol. The van der Waals surface area contributed by atoms with Crippen molar-refractivity contribution < 1.29 is 22.3 Å². The number of benzene rings is 2. The maximum atomic E-state index is 14.1. The Balaban J connectivity index is 1.59. The highest BCUT2D eigenvalue weighted by molar-refractivity contribution is 7.89. The van der Waals surface area contributed by atoms with Gasteiger partial charge in [-0.1, -0.05) is 61.7 Å². The van der Waals surface area contributed by atoms with E-state index in [2.05, 4.69) is 10.0 Å². The van der Waals surface area contributed by atoms with Gasteiger partial charge in [0.1, 0.15) is 16.8 Å². The molecule has 1 saturated carbocycles. The highest BCUT2D eigenvalue weighted by atomic mass is 32.2. The molecule has 6 nitrogen and oxygen atoms in total. The number of halogens is 1. The molecule has 1 unspecified atom stereocenters. The summed E-state index contributed by atoms with van der Waals surface area (Å²) in [5.41, 5.74) is 0.796. The summed E-state index contributed by atoms with van der Waals surface area (Å²) in [7, 11) is -4.22. The van der Waals surface area contributed by atoms with Gasteiger partial charge in [-0.3, -0.25) is 4.79 Å². The number of ether oxygens (including phenoxy) is 1. The molecule has 174 valence electrons. The number of carbonyl (C=O) groups excluding carboxylic acids is 1. The summed E-state index contributed by atoms with van der Waals surface area (Å²) in [6, 6.07) is 13.1. The average Bonchev–Trinajstić information content (AvgIpc) is 2.80. The van der Waals surface area contributed by atoms with Gasteiger partial charge in [-0.25, -0.2) is 12.8 Å². The summed E-state index contributed by atoms with van der Waals surface area (Å²) in [4.78, 5) is 12.4. The topological polar surface area (TPSA) is 84.5 Å². The number of rotatable bonds is 11. The largest absolute Gasteiger partial charge is 0.378 e. The second kappa shape index (κ2) is 12.1. The molecule has 0 bridgehead atoms. The predicted octanol–water partition coefficient (Wildman–Crippen LogP) is 3.57. The molecule has 1 fully saturated rings. The van der Waals surface area contributed by atoms with Crippen LogP contribution in [0.3, 0.4) is 0 Å². The van der Waals surface area contributed by atoms with E-state index in [1.165, 1.54) is 37.5 Å². The molecular formula is C24H31FN2O4S. The molecule has 2 aromatic carbocycles. The molecule has 0 aromatic heterocycles. The summed E-state index contributed by atoms with van der Waals surface area (Å²) in [6.45, 7) is 0.924. The lowest BCUT2D eigenvalue weighted by molar-refractivity contribution is -0.122. The molecule has 8 heteroatoms. The minimum absolute atomic E-state index is 0.152. The van der Waals surface area contributed by atoms with Crippen molar-refractivity contribution in [3.8, 4) is 0 Å². The van der Waals surface area contributed by atoms with Crippen molar-refractivity contribution in [2.24, 2.45) is 0 Å². The van der Waals surface area contributed by atoms with Crippen LogP contribution in [0.15, 0.2) is 59.5 Å². The smallest absolute Gasteiger partial charge is 0.244 e. The van der Waals surface area contributed by atoms with E-state index in [4.69, 9.17) is 4.74 Å². The van der Waals surface area contributed by atoms with Crippen molar-refractivity contribution in [2.45, 2.75) is 62.0 Å². The molecule has 3 rings (SSSR count). The fraction of sp³-hybridized carbons (Fsp3) is 0.458. The zero-order chi connectivity index (χ0) is 22.8. The first-order chi connectivity index (χ1) is 15.5. The second-order valence-corrected chi connectivity index (χ2v) is 9.75. The number of sulfonamides is 1. The third kappa shape index (κ3) is 7.39. The molecule has 1 amide bonds. The van der Waals surface area contributed by atoms with E-state index in [1.54, 1.807) is 0 Å². The first kappa shape index (κ1) is 24.4. The normalized spacial score (nSPS) is 15.9. The van der Waals surface area contributed by atoms with Crippen LogP contribution in [-0.2, 0) is 26.0 Å². The maximum absolute atomic E-state index is 14.1. The molecule has 32 heavy (non-hydrogen) atoms. The van der Waals surface area contributed by atoms with E-state index in [1.807, 2.05) is 30.3 Å². The average molecular weight is 463 g/mol. The van der Waals surface area contributed by atoms with Crippen molar-refractivity contribution in [2.75, 3.05) is 13.2 Å². The molecule has 0 saturated heterocycles. The van der Waals surface area contributed by atoms with Gasteiger partial charge < -0.3 is 10.1 Å². The van der Waals surface area contributed by atoms with E-state index < -0.39 is 32.7 Å². The Morgan fingerprint density at radius 2 is 1.72 bits per heavy atom. The Hall–Kier alpha value is -2.29. The number of amides is 1. The van der Waals surface area contributed by atoms with Gasteiger partial charge in [0.05, 0.1) is 6.10 Å². The third-order valence-electron chi connectivity index (χ3n) is 5.55. The Bertz CT molecular complexity index is 963. The van der Waals surface area contributed by atoms with Crippen LogP contribution in [0.5, 0.6) is 0 Å². The summed E-state index contributed by atoms with van der Waals surface area (Å²) < 4.78 is 47.8. The fourth-order valence-corrected chi connectivity index (χ4v) is 5.11. The third-order valence-corrected chi connectivity index (χ3v) is 7.05. The summed E-state index contributed by atoms with van der Waals surface area (Å²) in [5.74, 6) is -1.31. The molecule has 1 aliphatic carbocycles. The molecule has 0 aliphatic heterocycles. The molecule has 0 radical (unpaired) electrons. The van der Waals surface area contributed by atoms with Gasteiger partial charge in [0.2, 0.25) is 15.9 Å². The molecular weight excluding hydrogens is 431 g/mol. The zero-order valence-corrected chi connectivity index (χ0v) is 19.0. The molecule has 0 heterocycles. The van der Waals surface area contributed by atoms with Gasteiger partial charge in [-0.2, -0.15) is 4.72 Å². The van der Waals surface area contributed by atoms with Gasteiger partial charge in [-0.05, 0) is 43.4 Å². The minimum Gasteiger partial charge on any atom is -0.378 e. The standard InChI is InChI=1S/C24H31FN2O4S/c25-21-14-7-8-15-23(21)32(29,30)27-22(18-19-10-3-1-4-11-19)24(28)26-16-9-17-31-20-12-5-2-6-13-20/h1,3-4,7-8,10-11,14-15,20,22,27H,2,5-6,9,12-13,16-18H2,(H,26,28). The van der Waals surface area contributed by atoms with Crippen LogP contribution in [-0.4, -0.2) is 39.6 Å². The highest BCUT2D eigenvalue weighted by Gasteiger charge is 2.27. The zero-order valence-electron chi connectivity index (χ0n) is 18.1. The van der Waals surface area contributed by atoms with Gasteiger partial charge in [0.25, 0.3) is 0 Å². The number of nitrogens with one attached hydrogen (secondary N) is 2. The Morgan fingerprint density at radius 3 is 2.44 bits per heavy atom. The molecule has 2 aromatic rings. The van der Waals surface area contributed by atoms with Gasteiger partial charge in [0, 0.05) is 13.2 Å². The molecule has 2 N–H and O–H groups in total. The van der Waals surface area contributed by atoms with E-state index in [-0.39, 0.29) is 6.42 Å². The Morgan fingerprint density at radius 1 is 1.03 bits per heavy atom. The molecule has 0 spiro atoms. The summed E-state index contributed by atoms with van der Waals surface area (Å²) in [5, 5.41) is 2.79. The highest BCUT2D eigenvalue weighted by Crippen LogP contribution is 2.20. The van der Waals surface area contributed by atoms with Crippen LogP contribution in [0.1, 0.15) is 44.1 Å². The van der Waals surface area contributed by atoms with Crippen molar-refractivity contribution in [1.82, 2.24) is 10.0 Å². The van der Waals surface area contributed by atoms with Crippen LogP contribution in [0.2, 0.25) is 0 Å². The van der Waals surface area contributed by atoms with Gasteiger partial charge in [-0.15, -0.1) is 0 Å². The predicted molar refractivity (Wildman–Crippen MR) is 121 cm³/mol. The molecule has 1 aliphatic rings. The minimum atomic E-state index is -4.22. The van der Waals surface area contributed by atoms with Crippen LogP contribution < -0.4 is 10.0 Å². The van der Waals surface area contributed by atoms with E-state index >= 15 is 0 Å². The number of hydrogen-bond donors (Lipinski definition) is 2.